The van der Waals surface area contributed by atoms with Gasteiger partial charge in [0.1, 0.15) is 5.69 Å². The van der Waals surface area contributed by atoms with Crippen LogP contribution in [0, 0.1) is 0 Å². The first-order chi connectivity index (χ1) is 12.0. The number of hydrogen-bond acceptors (Lipinski definition) is 4. The molecule has 3 aromatic rings. The van der Waals surface area contributed by atoms with Crippen LogP contribution in [0.1, 0.15) is 17.3 Å². The predicted octanol–water partition coefficient (Wildman–Crippen LogP) is 5.33. The highest BCUT2D eigenvalue weighted by molar-refractivity contribution is 6.31. The molecule has 25 heavy (non-hydrogen) atoms. The smallest absolute Gasteiger partial charge is 0.244 e. The van der Waals surface area contributed by atoms with E-state index in [9.17, 15) is 4.79 Å². The maximum absolute atomic E-state index is 12.3. The number of aromatic nitrogens is 2. The number of ether oxygens (including phenoxy) is 1. The molecule has 0 radical (unpaired) electrons. The first-order valence-corrected chi connectivity index (χ1v) is 8.24. The molecule has 0 amide bonds. The number of carbonyl (C=O) groups is 1. The average Bonchev–Trinajstić information content (AvgIpc) is 2.62. The van der Waals surface area contributed by atoms with Crippen LogP contribution in [0.3, 0.4) is 0 Å². The van der Waals surface area contributed by atoms with E-state index in [1.165, 1.54) is 14.0 Å². The van der Waals surface area contributed by atoms with Crippen LogP contribution in [0.15, 0.2) is 48.5 Å². The number of benzene rings is 2. The molecule has 6 heteroatoms. The van der Waals surface area contributed by atoms with Crippen LogP contribution < -0.4 is 4.74 Å². The summed E-state index contributed by atoms with van der Waals surface area (Å²) < 4.78 is 5.26. The number of nitrogens with zero attached hydrogens (tertiary/aromatic N) is 2. The van der Waals surface area contributed by atoms with Gasteiger partial charge in [-0.1, -0.05) is 47.5 Å². The molecule has 2 aromatic carbocycles. The molecule has 1 aromatic heterocycles. The fraction of sp³-hybridized carbons (Fsp3) is 0.105. The molecule has 0 spiro atoms. The van der Waals surface area contributed by atoms with Gasteiger partial charge in [0.15, 0.2) is 5.78 Å². The third-order valence-electron chi connectivity index (χ3n) is 3.74. The van der Waals surface area contributed by atoms with Crippen LogP contribution >= 0.6 is 23.2 Å². The summed E-state index contributed by atoms with van der Waals surface area (Å²) in [6.07, 6.45) is 0. The fourth-order valence-corrected chi connectivity index (χ4v) is 2.85. The van der Waals surface area contributed by atoms with Crippen molar-refractivity contribution < 1.29 is 9.53 Å². The van der Waals surface area contributed by atoms with Gasteiger partial charge >= 0.3 is 0 Å². The summed E-state index contributed by atoms with van der Waals surface area (Å²) in [6, 6.07) is 14.4. The molecule has 0 atom stereocenters. The van der Waals surface area contributed by atoms with Crippen LogP contribution in [0.2, 0.25) is 10.0 Å². The van der Waals surface area contributed by atoms with Crippen LogP contribution in [0.25, 0.3) is 22.4 Å². The SMILES string of the molecule is COc1nnc(-c2ccc(Cl)cc2)c(-c2ccc(Cl)cc2)c1C(C)=O. The molecule has 126 valence electrons. The van der Waals surface area contributed by atoms with Crippen molar-refractivity contribution in [1.29, 1.82) is 0 Å². The Morgan fingerprint density at radius 1 is 0.880 bits per heavy atom. The highest BCUT2D eigenvalue weighted by Crippen LogP contribution is 2.37. The summed E-state index contributed by atoms with van der Waals surface area (Å²) in [5, 5.41) is 9.58. The van der Waals surface area contributed by atoms with Gasteiger partial charge in [-0.2, -0.15) is 0 Å². The van der Waals surface area contributed by atoms with Gasteiger partial charge in [0.25, 0.3) is 0 Å². The lowest BCUT2D eigenvalue weighted by atomic mass is 9.94. The van der Waals surface area contributed by atoms with Crippen molar-refractivity contribution in [2.45, 2.75) is 6.92 Å². The third kappa shape index (κ3) is 3.50. The maximum atomic E-state index is 12.3. The monoisotopic (exact) mass is 372 g/mol. The van der Waals surface area contributed by atoms with E-state index in [0.717, 1.165) is 11.1 Å². The molecule has 4 nitrogen and oxygen atoms in total. The molecule has 0 aliphatic rings. The van der Waals surface area contributed by atoms with Crippen molar-refractivity contribution in [2.75, 3.05) is 7.11 Å². The molecule has 0 N–H and O–H groups in total. The van der Waals surface area contributed by atoms with E-state index in [-0.39, 0.29) is 11.7 Å². The lowest BCUT2D eigenvalue weighted by molar-refractivity contribution is 0.101. The minimum absolute atomic E-state index is 0.160. The fourth-order valence-electron chi connectivity index (χ4n) is 2.60. The summed E-state index contributed by atoms with van der Waals surface area (Å²) in [4.78, 5) is 12.3. The molecule has 0 aliphatic heterocycles. The van der Waals surface area contributed by atoms with Crippen LogP contribution in [0.4, 0.5) is 0 Å². The van der Waals surface area contributed by atoms with Gasteiger partial charge < -0.3 is 4.74 Å². The van der Waals surface area contributed by atoms with Crippen molar-refractivity contribution in [1.82, 2.24) is 10.2 Å². The average molecular weight is 373 g/mol. The van der Waals surface area contributed by atoms with Gasteiger partial charge in [-0.05, 0) is 36.8 Å². The summed E-state index contributed by atoms with van der Waals surface area (Å²) >= 11 is 12.0. The second-order valence-electron chi connectivity index (χ2n) is 5.38. The van der Waals surface area contributed by atoms with Gasteiger partial charge in [0.2, 0.25) is 5.88 Å². The zero-order valence-electron chi connectivity index (χ0n) is 13.6. The topological polar surface area (TPSA) is 52.1 Å². The number of hydrogen-bond donors (Lipinski definition) is 0. The second kappa shape index (κ2) is 7.21. The molecule has 1 heterocycles. The predicted molar refractivity (Wildman–Crippen MR) is 99.5 cm³/mol. The molecule has 0 saturated heterocycles. The van der Waals surface area contributed by atoms with E-state index in [1.54, 1.807) is 24.3 Å². The number of ketones is 1. The highest BCUT2D eigenvalue weighted by Gasteiger charge is 2.22. The number of methoxy groups -OCH3 is 1. The molecule has 0 unspecified atom stereocenters. The van der Waals surface area contributed by atoms with Gasteiger partial charge in [-0.15, -0.1) is 10.2 Å². The number of halogens is 2. The molecule has 0 saturated carbocycles. The second-order valence-corrected chi connectivity index (χ2v) is 6.25. The summed E-state index contributed by atoms with van der Waals surface area (Å²) in [7, 11) is 1.46. The number of rotatable bonds is 4. The summed E-state index contributed by atoms with van der Waals surface area (Å²) in [5.41, 5.74) is 3.20. The Balaban J connectivity index is 2.35. The quantitative estimate of drug-likeness (QED) is 0.580. The van der Waals surface area contributed by atoms with Crippen molar-refractivity contribution in [3.8, 4) is 28.3 Å². The van der Waals surface area contributed by atoms with Crippen LogP contribution in [0.5, 0.6) is 5.88 Å². The van der Waals surface area contributed by atoms with E-state index in [4.69, 9.17) is 27.9 Å². The van der Waals surface area contributed by atoms with E-state index in [0.29, 0.717) is 26.9 Å². The van der Waals surface area contributed by atoms with E-state index < -0.39 is 0 Å². The Labute approximate surface area is 155 Å². The number of Topliss-reactive ketones (excluding diaryl/α,β-unsaturated/α-hetero) is 1. The minimum Gasteiger partial charge on any atom is -0.479 e. The molecule has 0 bridgehead atoms. The Morgan fingerprint density at radius 3 is 1.88 bits per heavy atom. The Bertz CT molecular complexity index is 923. The number of carbonyl (C=O) groups excluding carboxylic acids is 1. The van der Waals surface area contributed by atoms with Crippen molar-refractivity contribution in [3.63, 3.8) is 0 Å². The normalized spacial score (nSPS) is 10.6. The van der Waals surface area contributed by atoms with Gasteiger partial charge in [-0.25, -0.2) is 0 Å². The Kier molecular flexibility index (Phi) is 5.02. The Hall–Kier alpha value is -2.43. The van der Waals surface area contributed by atoms with Crippen molar-refractivity contribution in [3.05, 3.63) is 64.1 Å². The van der Waals surface area contributed by atoms with Crippen LogP contribution in [-0.2, 0) is 0 Å². The van der Waals surface area contributed by atoms with Crippen LogP contribution in [-0.4, -0.2) is 23.1 Å². The molecule has 3 rings (SSSR count). The summed E-state index contributed by atoms with van der Waals surface area (Å²) in [5.74, 6) is 0.0297. The third-order valence-corrected chi connectivity index (χ3v) is 4.24. The van der Waals surface area contributed by atoms with Gasteiger partial charge in [-0.3, -0.25) is 4.79 Å². The maximum Gasteiger partial charge on any atom is 0.244 e. The lowest BCUT2D eigenvalue weighted by Crippen LogP contribution is -2.07. The van der Waals surface area contributed by atoms with E-state index >= 15 is 0 Å². The van der Waals surface area contributed by atoms with Crippen molar-refractivity contribution in [2.24, 2.45) is 0 Å². The Morgan fingerprint density at radius 2 is 1.40 bits per heavy atom. The standard InChI is InChI=1S/C19H14Cl2N2O2/c1-11(24)16-17(12-3-7-14(20)8-4-12)18(22-23-19(16)25-2)13-5-9-15(21)10-6-13/h3-10H,1-2H3. The van der Waals surface area contributed by atoms with Gasteiger partial charge in [0.05, 0.1) is 12.7 Å². The summed E-state index contributed by atoms with van der Waals surface area (Å²) in [6.45, 7) is 1.48. The van der Waals surface area contributed by atoms with Gasteiger partial charge in [0, 0.05) is 21.2 Å². The molecular weight excluding hydrogens is 359 g/mol. The first-order valence-electron chi connectivity index (χ1n) is 7.48. The van der Waals surface area contributed by atoms with Crippen molar-refractivity contribution >= 4 is 29.0 Å². The zero-order chi connectivity index (χ0) is 18.0. The highest BCUT2D eigenvalue weighted by atomic mass is 35.5. The minimum atomic E-state index is -0.160. The molecular formula is C19H14Cl2N2O2. The van der Waals surface area contributed by atoms with E-state index in [2.05, 4.69) is 10.2 Å². The molecule has 0 fully saturated rings. The first kappa shape index (κ1) is 17.4. The molecule has 0 aliphatic carbocycles. The largest absolute Gasteiger partial charge is 0.479 e. The zero-order valence-corrected chi connectivity index (χ0v) is 15.1. The van der Waals surface area contributed by atoms with E-state index in [1.807, 2.05) is 24.3 Å². The lowest BCUT2D eigenvalue weighted by Gasteiger charge is -2.15.